The highest BCUT2D eigenvalue weighted by Crippen LogP contribution is 2.16. The highest BCUT2D eigenvalue weighted by molar-refractivity contribution is 5.94. The average molecular weight is 238 g/mol. The first kappa shape index (κ1) is 10.6. The fourth-order valence-electron chi connectivity index (χ4n) is 1.80. The van der Waals surface area contributed by atoms with Crippen LogP contribution in [0.4, 0.5) is 0 Å². The van der Waals surface area contributed by atoms with Gasteiger partial charge in [-0.1, -0.05) is 17.3 Å². The average Bonchev–Trinajstić information content (AvgIpc) is 2.82. The van der Waals surface area contributed by atoms with Crippen molar-refractivity contribution in [3.8, 4) is 5.69 Å². The number of carbonyl (C=O) groups excluding carboxylic acids is 1. The van der Waals surface area contributed by atoms with Crippen molar-refractivity contribution in [3.05, 3.63) is 48.3 Å². The molecule has 0 atom stereocenters. The lowest BCUT2D eigenvalue weighted by Crippen LogP contribution is -2.01. The van der Waals surface area contributed by atoms with Gasteiger partial charge in [0.25, 0.3) is 0 Å². The van der Waals surface area contributed by atoms with E-state index in [9.17, 15) is 4.79 Å². The van der Waals surface area contributed by atoms with Gasteiger partial charge in [-0.15, -0.1) is 5.10 Å². The maximum Gasteiger partial charge on any atom is 0.161 e. The standard InChI is InChI=1S/C13H10N4O/c1-9(18)10-6-11(8-14-7-10)17-13-5-3-2-4-12(13)15-16-17/h2-8H,1H3. The molecule has 5 nitrogen and oxygen atoms in total. The third-order valence-corrected chi connectivity index (χ3v) is 2.73. The number of aromatic nitrogens is 4. The smallest absolute Gasteiger partial charge is 0.161 e. The van der Waals surface area contributed by atoms with Gasteiger partial charge in [0.05, 0.1) is 17.4 Å². The molecule has 0 spiro atoms. The lowest BCUT2D eigenvalue weighted by atomic mass is 10.2. The maximum atomic E-state index is 11.3. The number of hydrogen-bond acceptors (Lipinski definition) is 4. The zero-order valence-electron chi connectivity index (χ0n) is 9.74. The van der Waals surface area contributed by atoms with Gasteiger partial charge in [0.2, 0.25) is 0 Å². The van der Waals surface area contributed by atoms with Crippen LogP contribution >= 0.6 is 0 Å². The van der Waals surface area contributed by atoms with Crippen LogP contribution in [0.2, 0.25) is 0 Å². The number of hydrogen-bond donors (Lipinski definition) is 0. The van der Waals surface area contributed by atoms with Crippen LogP contribution in [0.5, 0.6) is 0 Å². The second-order valence-electron chi connectivity index (χ2n) is 3.98. The van der Waals surface area contributed by atoms with Gasteiger partial charge in [0.1, 0.15) is 5.52 Å². The van der Waals surface area contributed by atoms with Crippen LogP contribution in [-0.4, -0.2) is 25.8 Å². The van der Waals surface area contributed by atoms with E-state index in [0.717, 1.165) is 16.7 Å². The second kappa shape index (κ2) is 4.03. The minimum Gasteiger partial charge on any atom is -0.294 e. The quantitative estimate of drug-likeness (QED) is 0.641. The Labute approximate surface area is 103 Å². The van der Waals surface area contributed by atoms with Gasteiger partial charge >= 0.3 is 0 Å². The van der Waals surface area contributed by atoms with E-state index in [0.29, 0.717) is 5.56 Å². The van der Waals surface area contributed by atoms with Gasteiger partial charge in [0, 0.05) is 11.8 Å². The van der Waals surface area contributed by atoms with Gasteiger partial charge in [-0.2, -0.15) is 0 Å². The van der Waals surface area contributed by atoms with E-state index in [1.54, 1.807) is 23.1 Å². The summed E-state index contributed by atoms with van der Waals surface area (Å²) >= 11 is 0. The monoisotopic (exact) mass is 238 g/mol. The first-order valence-corrected chi connectivity index (χ1v) is 5.52. The molecule has 0 saturated heterocycles. The third kappa shape index (κ3) is 1.66. The number of ketones is 1. The Morgan fingerprint density at radius 1 is 1.22 bits per heavy atom. The molecular formula is C13H10N4O. The summed E-state index contributed by atoms with van der Waals surface area (Å²) in [6.45, 7) is 1.51. The Bertz CT molecular complexity index is 732. The molecule has 2 aromatic heterocycles. The largest absolute Gasteiger partial charge is 0.294 e. The summed E-state index contributed by atoms with van der Waals surface area (Å²) in [7, 11) is 0. The first-order chi connectivity index (χ1) is 8.75. The molecule has 0 unspecified atom stereocenters. The van der Waals surface area contributed by atoms with Crippen LogP contribution in [0.25, 0.3) is 16.7 Å². The van der Waals surface area contributed by atoms with Crippen molar-refractivity contribution in [2.45, 2.75) is 6.92 Å². The highest BCUT2D eigenvalue weighted by Gasteiger charge is 2.08. The van der Waals surface area contributed by atoms with Crippen LogP contribution in [0.1, 0.15) is 17.3 Å². The van der Waals surface area contributed by atoms with Crippen LogP contribution < -0.4 is 0 Å². The molecule has 0 bridgehead atoms. The molecule has 88 valence electrons. The van der Waals surface area contributed by atoms with Crippen molar-refractivity contribution in [2.75, 3.05) is 0 Å². The molecule has 0 amide bonds. The van der Waals surface area contributed by atoms with Crippen LogP contribution in [0.3, 0.4) is 0 Å². The number of benzene rings is 1. The molecule has 0 saturated carbocycles. The number of fused-ring (bicyclic) bond motifs is 1. The summed E-state index contributed by atoms with van der Waals surface area (Å²) in [5, 5.41) is 8.15. The van der Waals surface area contributed by atoms with Crippen LogP contribution in [0, 0.1) is 0 Å². The summed E-state index contributed by atoms with van der Waals surface area (Å²) in [4.78, 5) is 15.4. The third-order valence-electron chi connectivity index (χ3n) is 2.73. The normalized spacial score (nSPS) is 10.7. The van der Waals surface area contributed by atoms with E-state index in [2.05, 4.69) is 15.3 Å². The zero-order chi connectivity index (χ0) is 12.5. The predicted molar refractivity (Wildman–Crippen MR) is 66.7 cm³/mol. The van der Waals surface area contributed by atoms with Gasteiger partial charge in [-0.3, -0.25) is 9.78 Å². The van der Waals surface area contributed by atoms with Crippen molar-refractivity contribution in [2.24, 2.45) is 0 Å². The van der Waals surface area contributed by atoms with E-state index < -0.39 is 0 Å². The summed E-state index contributed by atoms with van der Waals surface area (Å²) in [6, 6.07) is 9.41. The van der Waals surface area contributed by atoms with E-state index >= 15 is 0 Å². The van der Waals surface area contributed by atoms with Crippen molar-refractivity contribution < 1.29 is 4.79 Å². The number of Topliss-reactive ketones (excluding diaryl/α,β-unsaturated/α-hetero) is 1. The molecule has 3 rings (SSSR count). The lowest BCUT2D eigenvalue weighted by Gasteiger charge is -2.02. The van der Waals surface area contributed by atoms with Crippen molar-refractivity contribution >= 4 is 16.8 Å². The molecule has 0 aliphatic heterocycles. The Morgan fingerprint density at radius 2 is 2.06 bits per heavy atom. The maximum absolute atomic E-state index is 11.3. The van der Waals surface area contributed by atoms with E-state index in [1.165, 1.54) is 6.92 Å². The molecule has 0 N–H and O–H groups in total. The molecule has 0 aliphatic carbocycles. The fraction of sp³-hybridized carbons (Fsp3) is 0.0769. The fourth-order valence-corrected chi connectivity index (χ4v) is 1.80. The molecule has 18 heavy (non-hydrogen) atoms. The topological polar surface area (TPSA) is 60.7 Å². The van der Waals surface area contributed by atoms with Crippen LogP contribution in [0.15, 0.2) is 42.7 Å². The molecule has 0 aliphatic rings. The van der Waals surface area contributed by atoms with Gasteiger partial charge in [0.15, 0.2) is 5.78 Å². The summed E-state index contributed by atoms with van der Waals surface area (Å²) < 4.78 is 1.68. The Balaban J connectivity index is 2.20. The summed E-state index contributed by atoms with van der Waals surface area (Å²) in [6.07, 6.45) is 3.21. The molecule has 1 aromatic carbocycles. The number of nitrogens with zero attached hydrogens (tertiary/aromatic N) is 4. The van der Waals surface area contributed by atoms with E-state index in [1.807, 2.05) is 24.3 Å². The van der Waals surface area contributed by atoms with Gasteiger partial charge in [-0.05, 0) is 25.1 Å². The highest BCUT2D eigenvalue weighted by atomic mass is 16.1. The van der Waals surface area contributed by atoms with Crippen LogP contribution in [-0.2, 0) is 0 Å². The molecule has 0 radical (unpaired) electrons. The lowest BCUT2D eigenvalue weighted by molar-refractivity contribution is 0.101. The molecule has 5 heteroatoms. The molecule has 3 aromatic rings. The van der Waals surface area contributed by atoms with E-state index in [4.69, 9.17) is 0 Å². The van der Waals surface area contributed by atoms with Gasteiger partial charge in [-0.25, -0.2) is 4.68 Å². The number of rotatable bonds is 2. The molecule has 2 heterocycles. The molecule has 0 fully saturated rings. The number of carbonyl (C=O) groups is 1. The molecular weight excluding hydrogens is 228 g/mol. The SMILES string of the molecule is CC(=O)c1cncc(-n2nnc3ccccc32)c1. The summed E-state index contributed by atoms with van der Waals surface area (Å²) in [5.74, 6) is -0.0197. The Morgan fingerprint density at radius 3 is 2.89 bits per heavy atom. The number of para-hydroxylation sites is 1. The van der Waals surface area contributed by atoms with Gasteiger partial charge < -0.3 is 0 Å². The van der Waals surface area contributed by atoms with E-state index in [-0.39, 0.29) is 5.78 Å². The first-order valence-electron chi connectivity index (χ1n) is 5.52. The predicted octanol–water partition coefficient (Wildman–Crippen LogP) is 2.02. The Kier molecular flexibility index (Phi) is 2.37. The van der Waals surface area contributed by atoms with Crippen molar-refractivity contribution in [1.82, 2.24) is 20.0 Å². The summed E-state index contributed by atoms with van der Waals surface area (Å²) in [5.41, 5.74) is 2.99. The minimum atomic E-state index is -0.0197. The number of pyridine rings is 1. The second-order valence-corrected chi connectivity index (χ2v) is 3.98. The zero-order valence-corrected chi connectivity index (χ0v) is 9.74. The Hall–Kier alpha value is -2.56. The van der Waals surface area contributed by atoms with Crippen molar-refractivity contribution in [1.29, 1.82) is 0 Å². The minimum absolute atomic E-state index is 0.0197. The van der Waals surface area contributed by atoms with Crippen molar-refractivity contribution in [3.63, 3.8) is 0 Å².